The molecule has 0 aliphatic rings. The van der Waals surface area contributed by atoms with Gasteiger partial charge in [-0.3, -0.25) is 27.8 Å². The van der Waals surface area contributed by atoms with Crippen molar-refractivity contribution in [1.82, 2.24) is 0 Å². The summed E-state index contributed by atoms with van der Waals surface area (Å²) < 4.78 is 52.5. The molecule has 4 atom stereocenters. The number of carbonyl (C=O) groups excluding carboxylic acids is 4. The second kappa shape index (κ2) is 17.1. The summed E-state index contributed by atoms with van der Waals surface area (Å²) in [5.41, 5.74) is 3.94. The van der Waals surface area contributed by atoms with E-state index in [1.807, 2.05) is 0 Å². The van der Waals surface area contributed by atoms with Crippen molar-refractivity contribution in [3.05, 3.63) is 0 Å². The molecule has 32 heavy (non-hydrogen) atoms. The molecular formula is C15H25ClFNO12P2. The van der Waals surface area contributed by atoms with Gasteiger partial charge in [0.15, 0.2) is 12.2 Å². The minimum Gasteiger partial charge on any atom is -0.462 e. The molecule has 0 saturated carbocycles. The number of esters is 3. The average molecular weight is 528 g/mol. The van der Waals surface area contributed by atoms with Crippen molar-refractivity contribution in [2.45, 2.75) is 25.0 Å². The van der Waals surface area contributed by atoms with Gasteiger partial charge in [0.05, 0.1) is 38.9 Å². The topological polar surface area (TPSA) is 187 Å². The Kier molecular flexibility index (Phi) is 16.4. The molecule has 0 aromatic rings. The van der Waals surface area contributed by atoms with Crippen LogP contribution in [0.4, 0.5) is 9.18 Å². The van der Waals surface area contributed by atoms with Crippen LogP contribution in [0, 0.1) is 0 Å². The van der Waals surface area contributed by atoms with Crippen molar-refractivity contribution in [3.8, 4) is 0 Å². The Balaban J connectivity index is 4.84. The van der Waals surface area contributed by atoms with Crippen LogP contribution in [0.25, 0.3) is 0 Å². The summed E-state index contributed by atoms with van der Waals surface area (Å²) in [5, 5.41) is 0. The Morgan fingerprint density at radius 2 is 1.47 bits per heavy atom. The van der Waals surface area contributed by atoms with Crippen molar-refractivity contribution in [3.63, 3.8) is 0 Å². The number of halogens is 2. The highest BCUT2D eigenvalue weighted by Gasteiger charge is 2.28. The molecule has 0 aromatic carbocycles. The summed E-state index contributed by atoms with van der Waals surface area (Å²) >= 11 is 5.08. The first kappa shape index (κ1) is 30.6. The Bertz CT molecular complexity index is 670. The average Bonchev–Trinajstić information content (AvgIpc) is 2.71. The third-order valence-electron chi connectivity index (χ3n) is 3.08. The maximum absolute atomic E-state index is 12.2. The van der Waals surface area contributed by atoms with Crippen molar-refractivity contribution in [2.24, 2.45) is 5.73 Å². The zero-order valence-electron chi connectivity index (χ0n) is 16.8. The molecule has 0 radical (unpaired) electrons. The predicted molar refractivity (Wildman–Crippen MR) is 108 cm³/mol. The number of phosphoric acid groups is 1. The normalized spacial score (nSPS) is 14.5. The molecule has 3 unspecified atom stereocenters. The fourth-order valence-electron chi connectivity index (χ4n) is 1.70. The Labute approximate surface area is 190 Å². The van der Waals surface area contributed by atoms with Gasteiger partial charge < -0.3 is 29.6 Å². The monoisotopic (exact) mass is 527 g/mol. The first-order chi connectivity index (χ1) is 15.0. The van der Waals surface area contributed by atoms with E-state index < -0.39 is 82.9 Å². The molecule has 0 aromatic heterocycles. The summed E-state index contributed by atoms with van der Waals surface area (Å²) in [7, 11) is -2.71. The van der Waals surface area contributed by atoms with Gasteiger partial charge in [0.2, 0.25) is 0 Å². The highest BCUT2D eigenvalue weighted by atomic mass is 35.5. The summed E-state index contributed by atoms with van der Waals surface area (Å²) in [5.74, 6) is -2.40. The summed E-state index contributed by atoms with van der Waals surface area (Å²) in [6, 6.07) is 0. The maximum atomic E-state index is 12.2. The molecule has 0 heterocycles. The third-order valence-corrected chi connectivity index (χ3v) is 4.45. The number of nitrogens with two attached hydrogens (primary N) is 1. The largest absolute Gasteiger partial charge is 0.472 e. The maximum Gasteiger partial charge on any atom is 0.472 e. The fourth-order valence-corrected chi connectivity index (χ4v) is 2.73. The van der Waals surface area contributed by atoms with Crippen LogP contribution in [-0.2, 0) is 46.9 Å². The highest BCUT2D eigenvalue weighted by Crippen LogP contribution is 2.43. The van der Waals surface area contributed by atoms with Gasteiger partial charge in [-0.15, -0.1) is 9.24 Å². The lowest BCUT2D eigenvalue weighted by atomic mass is 10.4. The number of ether oxygens (including phenoxy) is 4. The third kappa shape index (κ3) is 16.3. The summed E-state index contributed by atoms with van der Waals surface area (Å²) in [6.07, 6.45) is -3.44. The van der Waals surface area contributed by atoms with E-state index in [9.17, 15) is 33.0 Å². The van der Waals surface area contributed by atoms with Crippen molar-refractivity contribution < 1.29 is 61.0 Å². The summed E-state index contributed by atoms with van der Waals surface area (Å²) in [6.45, 7) is -3.62. The highest BCUT2D eigenvalue weighted by molar-refractivity contribution is 7.47. The van der Waals surface area contributed by atoms with E-state index in [1.165, 1.54) is 0 Å². The van der Waals surface area contributed by atoms with Gasteiger partial charge in [-0.1, -0.05) is 0 Å². The number of phosphoric ester groups is 1. The quantitative estimate of drug-likeness (QED) is 0.115. The van der Waals surface area contributed by atoms with Crippen LogP contribution >= 0.6 is 28.7 Å². The van der Waals surface area contributed by atoms with Gasteiger partial charge in [-0.05, 0) is 0 Å². The molecule has 0 rings (SSSR count). The number of hydrogen-bond donors (Lipinski definition) is 2. The molecule has 0 aliphatic heterocycles. The standard InChI is InChI=1S/C15H25ClFNO12P2/c16-15(22)30-11(6-26-14(21)9-31)8-28-32(23,24)27-7-10(29-13(20)2-4-18)5-25-12(19)1-3-17/h10-11H,1-9,18,31H2,(H,23,24)/t10?,11-/m1/s1. The lowest BCUT2D eigenvalue weighted by Gasteiger charge is -2.21. The van der Waals surface area contributed by atoms with Crippen molar-refractivity contribution >= 4 is 52.0 Å². The van der Waals surface area contributed by atoms with Crippen LogP contribution in [0.15, 0.2) is 0 Å². The molecule has 0 aliphatic carbocycles. The van der Waals surface area contributed by atoms with E-state index >= 15 is 0 Å². The van der Waals surface area contributed by atoms with Gasteiger partial charge in [0, 0.05) is 18.1 Å². The molecule has 0 amide bonds. The number of alkyl halides is 1. The Morgan fingerprint density at radius 3 is 1.94 bits per heavy atom. The van der Waals surface area contributed by atoms with E-state index in [0.29, 0.717) is 0 Å². The Morgan fingerprint density at radius 1 is 0.938 bits per heavy atom. The number of carbonyl (C=O) groups is 4. The Hall–Kier alpha value is -1.40. The predicted octanol–water partition coefficient (Wildman–Crippen LogP) is 0.446. The van der Waals surface area contributed by atoms with Crippen LogP contribution in [0.2, 0.25) is 0 Å². The van der Waals surface area contributed by atoms with Gasteiger partial charge in [0.25, 0.3) is 0 Å². The molecule has 13 nitrogen and oxygen atoms in total. The second-order valence-electron chi connectivity index (χ2n) is 5.70. The van der Waals surface area contributed by atoms with Crippen LogP contribution < -0.4 is 5.73 Å². The van der Waals surface area contributed by atoms with Crippen LogP contribution in [-0.4, -0.2) is 86.2 Å². The summed E-state index contributed by atoms with van der Waals surface area (Å²) in [4.78, 5) is 54.7. The van der Waals surface area contributed by atoms with E-state index in [2.05, 4.69) is 18.5 Å². The molecule has 3 N–H and O–H groups in total. The van der Waals surface area contributed by atoms with E-state index in [4.69, 9.17) is 36.1 Å². The first-order valence-electron chi connectivity index (χ1n) is 8.97. The van der Waals surface area contributed by atoms with Crippen LogP contribution in [0.5, 0.6) is 0 Å². The molecule has 0 saturated heterocycles. The fraction of sp³-hybridized carbons (Fsp3) is 0.733. The molecule has 17 heteroatoms. The van der Waals surface area contributed by atoms with Crippen molar-refractivity contribution in [2.75, 3.05) is 45.8 Å². The molecular weight excluding hydrogens is 503 g/mol. The number of rotatable bonds is 17. The van der Waals surface area contributed by atoms with Gasteiger partial charge in [-0.25, -0.2) is 9.36 Å². The van der Waals surface area contributed by atoms with E-state index in [0.717, 1.165) is 0 Å². The van der Waals surface area contributed by atoms with E-state index in [-0.39, 0.29) is 19.1 Å². The minimum atomic E-state index is -4.81. The lowest BCUT2D eigenvalue weighted by molar-refractivity contribution is -0.161. The number of hydrogen-bond acceptors (Lipinski definition) is 12. The lowest BCUT2D eigenvalue weighted by Crippen LogP contribution is -2.31. The van der Waals surface area contributed by atoms with Crippen LogP contribution in [0.3, 0.4) is 0 Å². The first-order valence-corrected chi connectivity index (χ1v) is 11.7. The van der Waals surface area contributed by atoms with Crippen molar-refractivity contribution in [1.29, 1.82) is 0 Å². The smallest absolute Gasteiger partial charge is 0.462 e. The molecule has 0 fully saturated rings. The van der Waals surface area contributed by atoms with Crippen LogP contribution in [0.1, 0.15) is 12.8 Å². The zero-order valence-corrected chi connectivity index (χ0v) is 19.6. The molecule has 186 valence electrons. The van der Waals surface area contributed by atoms with Gasteiger partial charge >= 0.3 is 31.2 Å². The SMILES string of the molecule is NCCC(=O)OC(COC(=O)CCF)COP(=O)(O)OC[C@@H](COC(=O)CP)OC(=O)Cl. The minimum absolute atomic E-state index is 0.0440. The zero-order chi connectivity index (χ0) is 24.6. The molecule has 0 spiro atoms. The van der Waals surface area contributed by atoms with E-state index in [1.54, 1.807) is 0 Å². The molecule has 0 bridgehead atoms. The second-order valence-corrected chi connectivity index (χ2v) is 7.87. The van der Waals surface area contributed by atoms with Gasteiger partial charge in [0.1, 0.15) is 13.2 Å². The van der Waals surface area contributed by atoms with Gasteiger partial charge in [-0.2, -0.15) is 0 Å².